The van der Waals surface area contributed by atoms with E-state index in [0.717, 1.165) is 37.4 Å². The minimum atomic E-state index is -0.138. The zero-order valence-electron chi connectivity index (χ0n) is 12.4. The van der Waals surface area contributed by atoms with Crippen molar-refractivity contribution >= 4 is 27.9 Å². The molecule has 3 rings (SSSR count). The second-order valence-electron chi connectivity index (χ2n) is 6.72. The Hall–Kier alpha value is -1.74. The van der Waals surface area contributed by atoms with E-state index in [0.29, 0.717) is 22.2 Å². The highest BCUT2D eigenvalue weighted by Crippen LogP contribution is 2.42. The van der Waals surface area contributed by atoms with Crippen LogP contribution in [0, 0.1) is 16.7 Å². The summed E-state index contributed by atoms with van der Waals surface area (Å²) in [6, 6.07) is 2.47. The highest BCUT2D eigenvalue weighted by molar-refractivity contribution is 7.19. The van der Waals surface area contributed by atoms with Crippen LogP contribution in [0.4, 0.5) is 10.7 Å². The van der Waals surface area contributed by atoms with Gasteiger partial charge in [0.1, 0.15) is 21.5 Å². The first-order valence-electron chi connectivity index (χ1n) is 7.29. The maximum atomic E-state index is 12.2. The Labute approximate surface area is 128 Å². The standard InChI is InChI=1S/C15H20N4OS/c1-15(2)5-6-19(8-15)14-10(7-16)11(17)12(21-14)13(20)18-9-3-4-9/h9H,3-6,8,17H2,1-2H3,(H,18,20). The molecule has 112 valence electrons. The molecule has 2 aliphatic rings. The van der Waals surface area contributed by atoms with Crippen LogP contribution in [0.5, 0.6) is 0 Å². The lowest BCUT2D eigenvalue weighted by molar-refractivity contribution is 0.0956. The number of nitrogens with two attached hydrogens (primary N) is 1. The molecule has 6 heteroatoms. The van der Waals surface area contributed by atoms with E-state index in [2.05, 4.69) is 30.1 Å². The van der Waals surface area contributed by atoms with E-state index >= 15 is 0 Å². The van der Waals surface area contributed by atoms with Gasteiger partial charge in [0, 0.05) is 19.1 Å². The minimum Gasteiger partial charge on any atom is -0.396 e. The molecule has 0 spiro atoms. The largest absolute Gasteiger partial charge is 0.396 e. The number of nitrogens with zero attached hydrogens (tertiary/aromatic N) is 2. The molecule has 3 N–H and O–H groups in total. The van der Waals surface area contributed by atoms with Gasteiger partial charge in [-0.3, -0.25) is 4.79 Å². The lowest BCUT2D eigenvalue weighted by atomic mass is 9.93. The average molecular weight is 304 g/mol. The summed E-state index contributed by atoms with van der Waals surface area (Å²) in [6.45, 7) is 6.24. The van der Waals surface area contributed by atoms with Gasteiger partial charge in [0.15, 0.2) is 0 Å². The van der Waals surface area contributed by atoms with Crippen LogP contribution in [0.15, 0.2) is 0 Å². The van der Waals surface area contributed by atoms with Gasteiger partial charge in [0.25, 0.3) is 5.91 Å². The van der Waals surface area contributed by atoms with Crippen molar-refractivity contribution in [3.63, 3.8) is 0 Å². The van der Waals surface area contributed by atoms with Crippen molar-refractivity contribution in [2.45, 2.75) is 39.2 Å². The molecule has 0 unspecified atom stereocenters. The van der Waals surface area contributed by atoms with E-state index in [1.54, 1.807) is 0 Å². The molecular formula is C15H20N4OS. The predicted octanol–water partition coefficient (Wildman–Crippen LogP) is 2.33. The van der Waals surface area contributed by atoms with Crippen molar-refractivity contribution in [1.29, 1.82) is 5.26 Å². The highest BCUT2D eigenvalue weighted by atomic mass is 32.1. The smallest absolute Gasteiger partial charge is 0.263 e. The van der Waals surface area contributed by atoms with Crippen LogP contribution in [0.2, 0.25) is 0 Å². The van der Waals surface area contributed by atoms with Gasteiger partial charge in [-0.05, 0) is 24.7 Å². The molecule has 0 radical (unpaired) electrons. The number of nitrogen functional groups attached to an aromatic ring is 1. The van der Waals surface area contributed by atoms with Gasteiger partial charge in [-0.1, -0.05) is 13.8 Å². The summed E-state index contributed by atoms with van der Waals surface area (Å²) in [4.78, 5) is 14.9. The molecule has 1 saturated heterocycles. The zero-order chi connectivity index (χ0) is 15.2. The molecule has 2 heterocycles. The molecule has 21 heavy (non-hydrogen) atoms. The third-order valence-electron chi connectivity index (χ3n) is 4.12. The van der Waals surface area contributed by atoms with Crippen molar-refractivity contribution in [1.82, 2.24) is 5.32 Å². The van der Waals surface area contributed by atoms with Crippen molar-refractivity contribution in [2.75, 3.05) is 23.7 Å². The number of hydrogen-bond donors (Lipinski definition) is 2. The monoisotopic (exact) mass is 304 g/mol. The molecule has 0 atom stereocenters. The van der Waals surface area contributed by atoms with E-state index in [9.17, 15) is 10.1 Å². The Kier molecular flexibility index (Phi) is 3.33. The van der Waals surface area contributed by atoms with Crippen molar-refractivity contribution in [3.05, 3.63) is 10.4 Å². The van der Waals surface area contributed by atoms with Crippen molar-refractivity contribution in [2.24, 2.45) is 5.41 Å². The second-order valence-corrected chi connectivity index (χ2v) is 7.72. The van der Waals surface area contributed by atoms with E-state index in [-0.39, 0.29) is 11.3 Å². The molecule has 1 aliphatic heterocycles. The maximum Gasteiger partial charge on any atom is 0.263 e. The lowest BCUT2D eigenvalue weighted by Gasteiger charge is -2.20. The SMILES string of the molecule is CC1(C)CCN(c2sc(C(=O)NC3CC3)c(N)c2C#N)C1. The number of carbonyl (C=O) groups excluding carboxylic acids is 1. The van der Waals surface area contributed by atoms with Gasteiger partial charge in [-0.25, -0.2) is 0 Å². The Morgan fingerprint density at radius 1 is 1.52 bits per heavy atom. The number of nitriles is 1. The molecular weight excluding hydrogens is 284 g/mol. The minimum absolute atomic E-state index is 0.138. The van der Waals surface area contributed by atoms with Gasteiger partial charge < -0.3 is 16.0 Å². The lowest BCUT2D eigenvalue weighted by Crippen LogP contribution is -2.25. The summed E-state index contributed by atoms with van der Waals surface area (Å²) in [7, 11) is 0. The van der Waals surface area contributed by atoms with Crippen LogP contribution >= 0.6 is 11.3 Å². The fourth-order valence-electron chi connectivity index (χ4n) is 2.70. The summed E-state index contributed by atoms with van der Waals surface area (Å²) in [6.07, 6.45) is 3.16. The number of hydrogen-bond acceptors (Lipinski definition) is 5. The Balaban J connectivity index is 1.90. The summed E-state index contributed by atoms with van der Waals surface area (Å²) in [5.41, 5.74) is 7.08. The number of nitrogens with one attached hydrogen (secondary N) is 1. The molecule has 1 aromatic heterocycles. The second kappa shape index (κ2) is 4.92. The number of rotatable bonds is 3. The van der Waals surface area contributed by atoms with Gasteiger partial charge in [-0.2, -0.15) is 5.26 Å². The Bertz CT molecular complexity index is 624. The quantitative estimate of drug-likeness (QED) is 0.898. The summed E-state index contributed by atoms with van der Waals surface area (Å²) in [5, 5.41) is 13.2. The average Bonchev–Trinajstić information content (AvgIpc) is 3.06. The first-order valence-corrected chi connectivity index (χ1v) is 8.11. The first-order chi connectivity index (χ1) is 9.91. The fraction of sp³-hybridized carbons (Fsp3) is 0.600. The fourth-order valence-corrected chi connectivity index (χ4v) is 3.79. The van der Waals surface area contributed by atoms with Crippen LogP contribution in [-0.2, 0) is 0 Å². The predicted molar refractivity (Wildman–Crippen MR) is 84.5 cm³/mol. The van der Waals surface area contributed by atoms with Gasteiger partial charge in [0.2, 0.25) is 0 Å². The van der Waals surface area contributed by atoms with Gasteiger partial charge in [0.05, 0.1) is 5.69 Å². The highest BCUT2D eigenvalue weighted by Gasteiger charge is 2.34. The third kappa shape index (κ3) is 2.70. The molecule has 1 amide bonds. The van der Waals surface area contributed by atoms with E-state index in [1.807, 2.05) is 0 Å². The zero-order valence-corrected chi connectivity index (χ0v) is 13.2. The molecule has 0 bridgehead atoms. The van der Waals surface area contributed by atoms with Crippen LogP contribution in [0.1, 0.15) is 48.3 Å². The van der Waals surface area contributed by atoms with E-state index < -0.39 is 0 Å². The summed E-state index contributed by atoms with van der Waals surface area (Å²) >= 11 is 1.35. The topological polar surface area (TPSA) is 82.2 Å². The molecule has 5 nitrogen and oxygen atoms in total. The number of carbonyl (C=O) groups is 1. The molecule has 0 aromatic carbocycles. The maximum absolute atomic E-state index is 12.2. The van der Waals surface area contributed by atoms with Crippen LogP contribution in [0.3, 0.4) is 0 Å². The van der Waals surface area contributed by atoms with Crippen molar-refractivity contribution in [3.8, 4) is 6.07 Å². The normalized spacial score (nSPS) is 20.3. The Morgan fingerprint density at radius 2 is 2.24 bits per heavy atom. The number of thiophene rings is 1. The van der Waals surface area contributed by atoms with Crippen LogP contribution in [0.25, 0.3) is 0 Å². The molecule has 2 fully saturated rings. The Morgan fingerprint density at radius 3 is 2.76 bits per heavy atom. The third-order valence-corrected chi connectivity index (χ3v) is 5.39. The summed E-state index contributed by atoms with van der Waals surface area (Å²) < 4.78 is 0. The van der Waals surface area contributed by atoms with Gasteiger partial charge >= 0.3 is 0 Å². The molecule has 1 aromatic rings. The van der Waals surface area contributed by atoms with E-state index in [1.165, 1.54) is 11.3 Å². The number of anilines is 2. The first kappa shape index (κ1) is 14.2. The number of amides is 1. The molecule has 1 saturated carbocycles. The molecule has 1 aliphatic carbocycles. The van der Waals surface area contributed by atoms with Crippen molar-refractivity contribution < 1.29 is 4.79 Å². The van der Waals surface area contributed by atoms with E-state index in [4.69, 9.17) is 5.73 Å². The van der Waals surface area contributed by atoms with Crippen LogP contribution < -0.4 is 16.0 Å². The van der Waals surface area contributed by atoms with Gasteiger partial charge in [-0.15, -0.1) is 11.3 Å². The summed E-state index contributed by atoms with van der Waals surface area (Å²) in [5.74, 6) is -0.138. The van der Waals surface area contributed by atoms with Crippen LogP contribution in [-0.4, -0.2) is 25.0 Å².